The predicted octanol–water partition coefficient (Wildman–Crippen LogP) is 1.52. The number of nitrogens with one attached hydrogen (secondary N) is 1. The van der Waals surface area contributed by atoms with E-state index in [1.807, 2.05) is 11.5 Å². The van der Waals surface area contributed by atoms with Crippen LogP contribution in [0.4, 0.5) is 5.69 Å². The lowest BCUT2D eigenvalue weighted by molar-refractivity contribution is -0.384. The van der Waals surface area contributed by atoms with Crippen LogP contribution in [0.1, 0.15) is 12.7 Å². The van der Waals surface area contributed by atoms with Gasteiger partial charge in [0.25, 0.3) is 5.69 Å². The lowest BCUT2D eigenvalue weighted by atomic mass is 10.2. The third kappa shape index (κ3) is 3.65. The Morgan fingerprint density at radius 2 is 2.16 bits per heavy atom. The molecule has 3 aromatic rings. The average Bonchev–Trinajstić information content (AvgIpc) is 3.21. The number of nitrogens with zero attached hydrogens (tertiary/aromatic N) is 5. The van der Waals surface area contributed by atoms with Crippen molar-refractivity contribution in [1.82, 2.24) is 24.6 Å². The summed E-state index contributed by atoms with van der Waals surface area (Å²) in [5, 5.41) is 22.3. The molecule has 1 N–H and O–H groups in total. The lowest BCUT2D eigenvalue weighted by Crippen LogP contribution is -2.29. The van der Waals surface area contributed by atoms with Crippen molar-refractivity contribution in [3.8, 4) is 0 Å². The number of fused-ring (bicyclic) bond motifs is 1. The molecule has 1 amide bonds. The molecule has 0 saturated carbocycles. The molecule has 3 rings (SSSR count). The van der Waals surface area contributed by atoms with Gasteiger partial charge in [-0.05, 0) is 19.1 Å². The first-order valence-electron chi connectivity index (χ1n) is 7.95. The largest absolute Gasteiger partial charge is 0.354 e. The third-order valence-electron chi connectivity index (χ3n) is 3.99. The number of hydrogen-bond donors (Lipinski definition) is 1. The van der Waals surface area contributed by atoms with E-state index in [2.05, 4.69) is 15.5 Å². The highest BCUT2D eigenvalue weighted by atomic mass is 16.6. The van der Waals surface area contributed by atoms with E-state index in [-0.39, 0.29) is 18.1 Å². The molecule has 2 heterocycles. The molecule has 25 heavy (non-hydrogen) atoms. The van der Waals surface area contributed by atoms with Crippen molar-refractivity contribution >= 4 is 22.5 Å². The van der Waals surface area contributed by atoms with Gasteiger partial charge >= 0.3 is 0 Å². The summed E-state index contributed by atoms with van der Waals surface area (Å²) in [6.45, 7) is 3.43. The molecule has 0 radical (unpaired) electrons. The van der Waals surface area contributed by atoms with E-state index in [0.717, 1.165) is 23.3 Å². The molecular weight excluding hydrogens is 324 g/mol. The number of nitro groups is 1. The first-order valence-corrected chi connectivity index (χ1v) is 7.95. The van der Waals surface area contributed by atoms with E-state index in [4.69, 9.17) is 0 Å². The molecule has 0 fully saturated rings. The smallest absolute Gasteiger partial charge is 0.270 e. The Hall–Kier alpha value is -3.23. The lowest BCUT2D eigenvalue weighted by Gasteiger charge is -2.08. The quantitative estimate of drug-likeness (QED) is 0.517. The number of rotatable bonds is 7. The molecule has 1 aromatic carbocycles. The summed E-state index contributed by atoms with van der Waals surface area (Å²) in [5.41, 5.74) is 0.821. The van der Waals surface area contributed by atoms with Crippen molar-refractivity contribution in [2.45, 2.75) is 26.4 Å². The Balaban J connectivity index is 1.59. The maximum Gasteiger partial charge on any atom is 0.270 e. The van der Waals surface area contributed by atoms with Crippen LogP contribution in [-0.4, -0.2) is 36.7 Å². The second kappa shape index (κ2) is 7.12. The first-order chi connectivity index (χ1) is 12.1. The molecule has 130 valence electrons. The Morgan fingerprint density at radius 3 is 2.92 bits per heavy atom. The summed E-state index contributed by atoms with van der Waals surface area (Å²) in [5.74, 6) is 0.708. The zero-order valence-electron chi connectivity index (χ0n) is 13.8. The molecule has 0 bridgehead atoms. The number of non-ortho nitro benzene ring substituents is 1. The predicted molar refractivity (Wildman–Crippen MR) is 91.0 cm³/mol. The van der Waals surface area contributed by atoms with Crippen molar-refractivity contribution in [2.75, 3.05) is 6.54 Å². The molecule has 0 unspecified atom stereocenters. The fraction of sp³-hybridized carbons (Fsp3) is 0.312. The number of carbonyl (C=O) groups excluding carboxylic acids is 1. The van der Waals surface area contributed by atoms with Crippen LogP contribution in [0.5, 0.6) is 0 Å². The van der Waals surface area contributed by atoms with Crippen LogP contribution in [0.3, 0.4) is 0 Å². The Labute approximate surface area is 143 Å². The van der Waals surface area contributed by atoms with Gasteiger partial charge in [0.05, 0.1) is 4.92 Å². The fourth-order valence-electron chi connectivity index (χ4n) is 2.70. The molecule has 0 atom stereocenters. The zero-order valence-corrected chi connectivity index (χ0v) is 13.8. The van der Waals surface area contributed by atoms with Gasteiger partial charge in [-0.3, -0.25) is 14.9 Å². The molecule has 0 aliphatic carbocycles. The van der Waals surface area contributed by atoms with E-state index >= 15 is 0 Å². The number of aryl methyl sites for hydroxylation is 1. The van der Waals surface area contributed by atoms with Crippen molar-refractivity contribution in [1.29, 1.82) is 0 Å². The second-order valence-electron chi connectivity index (χ2n) is 5.58. The third-order valence-corrected chi connectivity index (χ3v) is 3.99. The number of aromatic nitrogens is 4. The SMILES string of the molecule is CCn1cnnc1CCNC(=O)Cn1ccc2cc([N+](=O)[O-])ccc21. The van der Waals surface area contributed by atoms with Gasteiger partial charge in [-0.1, -0.05) is 0 Å². The van der Waals surface area contributed by atoms with E-state index < -0.39 is 4.92 Å². The molecule has 0 aliphatic heterocycles. The van der Waals surface area contributed by atoms with Crippen LogP contribution in [0.15, 0.2) is 36.8 Å². The minimum atomic E-state index is -0.432. The normalized spacial score (nSPS) is 10.9. The summed E-state index contributed by atoms with van der Waals surface area (Å²) in [4.78, 5) is 22.5. The minimum Gasteiger partial charge on any atom is -0.354 e. The minimum absolute atomic E-state index is 0.0368. The zero-order chi connectivity index (χ0) is 17.8. The van der Waals surface area contributed by atoms with Crippen molar-refractivity contribution in [2.24, 2.45) is 0 Å². The van der Waals surface area contributed by atoms with E-state index in [0.29, 0.717) is 13.0 Å². The maximum atomic E-state index is 12.1. The van der Waals surface area contributed by atoms with Crippen molar-refractivity contribution in [3.05, 3.63) is 52.7 Å². The van der Waals surface area contributed by atoms with Crippen LogP contribution in [0, 0.1) is 10.1 Å². The number of nitro benzene ring substituents is 1. The summed E-state index contributed by atoms with van der Waals surface area (Å²) >= 11 is 0. The molecule has 2 aromatic heterocycles. The molecule has 0 aliphatic rings. The highest BCUT2D eigenvalue weighted by Gasteiger charge is 2.11. The highest BCUT2D eigenvalue weighted by Crippen LogP contribution is 2.21. The average molecular weight is 342 g/mol. The van der Waals surface area contributed by atoms with Gasteiger partial charge in [-0.15, -0.1) is 10.2 Å². The molecule has 0 saturated heterocycles. The van der Waals surface area contributed by atoms with E-state index in [1.165, 1.54) is 12.1 Å². The van der Waals surface area contributed by atoms with Crippen LogP contribution in [-0.2, 0) is 24.3 Å². The van der Waals surface area contributed by atoms with Gasteiger partial charge in [0, 0.05) is 48.7 Å². The van der Waals surface area contributed by atoms with Crippen LogP contribution < -0.4 is 5.32 Å². The fourth-order valence-corrected chi connectivity index (χ4v) is 2.70. The summed E-state index contributed by atoms with van der Waals surface area (Å²) in [7, 11) is 0. The Bertz CT molecular complexity index is 914. The van der Waals surface area contributed by atoms with E-state index in [1.54, 1.807) is 29.2 Å². The maximum absolute atomic E-state index is 12.1. The second-order valence-corrected chi connectivity index (χ2v) is 5.58. The first kappa shape index (κ1) is 16.6. The highest BCUT2D eigenvalue weighted by molar-refractivity contribution is 5.85. The molecular formula is C16H18N6O3. The van der Waals surface area contributed by atoms with Gasteiger partial charge in [0.2, 0.25) is 5.91 Å². The number of amides is 1. The van der Waals surface area contributed by atoms with Crippen LogP contribution in [0.25, 0.3) is 10.9 Å². The number of benzene rings is 1. The van der Waals surface area contributed by atoms with Crippen LogP contribution >= 0.6 is 0 Å². The molecule has 9 heteroatoms. The number of hydrogen-bond acceptors (Lipinski definition) is 5. The topological polar surface area (TPSA) is 108 Å². The van der Waals surface area contributed by atoms with Gasteiger partial charge in [-0.25, -0.2) is 0 Å². The molecule has 0 spiro atoms. The number of carbonyl (C=O) groups is 1. The summed E-state index contributed by atoms with van der Waals surface area (Å²) in [6.07, 6.45) is 4.03. The molecule has 9 nitrogen and oxygen atoms in total. The Morgan fingerprint density at radius 1 is 1.32 bits per heavy atom. The van der Waals surface area contributed by atoms with Crippen molar-refractivity contribution in [3.63, 3.8) is 0 Å². The monoisotopic (exact) mass is 342 g/mol. The van der Waals surface area contributed by atoms with Gasteiger partial charge in [0.15, 0.2) is 0 Å². The van der Waals surface area contributed by atoms with Gasteiger partial charge in [0.1, 0.15) is 18.7 Å². The van der Waals surface area contributed by atoms with E-state index in [9.17, 15) is 14.9 Å². The van der Waals surface area contributed by atoms with Gasteiger partial charge in [-0.2, -0.15) is 0 Å². The Kier molecular flexibility index (Phi) is 4.73. The van der Waals surface area contributed by atoms with Crippen molar-refractivity contribution < 1.29 is 9.72 Å². The summed E-state index contributed by atoms with van der Waals surface area (Å²) in [6, 6.07) is 6.36. The summed E-state index contributed by atoms with van der Waals surface area (Å²) < 4.78 is 3.70. The van der Waals surface area contributed by atoms with Crippen LogP contribution in [0.2, 0.25) is 0 Å². The van der Waals surface area contributed by atoms with Gasteiger partial charge < -0.3 is 14.5 Å². The standard InChI is InChI=1S/C16H18N6O3/c1-2-20-11-18-19-15(20)5-7-17-16(23)10-21-8-6-12-9-13(22(24)25)3-4-14(12)21/h3-4,6,8-9,11H,2,5,7,10H2,1H3,(H,17,23).